The van der Waals surface area contributed by atoms with Gasteiger partial charge in [0.1, 0.15) is 11.3 Å². The fourth-order valence-electron chi connectivity index (χ4n) is 2.33. The van der Waals surface area contributed by atoms with E-state index in [0.717, 1.165) is 24.9 Å². The maximum Gasteiger partial charge on any atom is 0.412 e. The largest absolute Gasteiger partial charge is 0.464 e. The van der Waals surface area contributed by atoms with Gasteiger partial charge in [0.25, 0.3) is 0 Å². The van der Waals surface area contributed by atoms with Crippen molar-refractivity contribution in [3.8, 4) is 5.75 Å². The first-order chi connectivity index (χ1) is 13.5. The van der Waals surface area contributed by atoms with Crippen molar-refractivity contribution >= 4 is 35.4 Å². The fourth-order valence-corrected chi connectivity index (χ4v) is 3.18. The molecule has 0 spiro atoms. The van der Waals surface area contributed by atoms with Gasteiger partial charge in [-0.25, -0.2) is 9.59 Å². The molecule has 1 aromatic carbocycles. The molecular weight excluding hydrogens is 388 g/mol. The molecule has 28 heavy (non-hydrogen) atoms. The summed E-state index contributed by atoms with van der Waals surface area (Å²) in [5.41, 5.74) is -0.551. The number of esters is 1. The van der Waals surface area contributed by atoms with Gasteiger partial charge in [-0.1, -0.05) is 23.4 Å². The quantitative estimate of drug-likeness (QED) is 0.572. The molecule has 0 fully saturated rings. The van der Waals surface area contributed by atoms with Crippen LogP contribution in [-0.4, -0.2) is 48.2 Å². The number of hydrogen-bond acceptors (Lipinski definition) is 9. The summed E-state index contributed by atoms with van der Waals surface area (Å²) < 4.78 is 14.4. The summed E-state index contributed by atoms with van der Waals surface area (Å²) in [6, 6.07) is 8.54. The third-order valence-corrected chi connectivity index (χ3v) is 4.61. The van der Waals surface area contributed by atoms with Gasteiger partial charge in [0, 0.05) is 18.4 Å². The summed E-state index contributed by atoms with van der Waals surface area (Å²) in [5, 5.41) is 6.00. The van der Waals surface area contributed by atoms with E-state index in [1.807, 2.05) is 0 Å². The second kappa shape index (κ2) is 8.53. The third kappa shape index (κ3) is 4.12. The van der Waals surface area contributed by atoms with Gasteiger partial charge in [-0.3, -0.25) is 9.59 Å². The number of nitrogens with one attached hydrogen (secondary N) is 1. The standard InChI is InChI=1S/C18H14N2O7S/c1-25-17(23)14-13-15(22)12(9-11(21)16(13)27-20-14)28-8-7-19-18(24)26-10-5-3-2-4-6-10/h2-6,9H,7-8H2,1H3,(H,19,24). The number of Topliss-reactive ketones (excluding diaryl/α,β-unsaturated/α-hetero) is 1. The normalized spacial score (nSPS) is 12.8. The molecule has 2 aromatic rings. The van der Waals surface area contributed by atoms with E-state index in [-0.39, 0.29) is 28.5 Å². The topological polar surface area (TPSA) is 125 Å². The number of allylic oxidation sites excluding steroid dienone is 2. The van der Waals surface area contributed by atoms with Crippen molar-refractivity contribution in [2.45, 2.75) is 0 Å². The maximum atomic E-state index is 12.6. The number of fused-ring (bicyclic) bond motifs is 1. The molecule has 1 aliphatic rings. The van der Waals surface area contributed by atoms with Gasteiger partial charge in [0.2, 0.25) is 23.0 Å². The molecule has 1 heterocycles. The molecule has 0 atom stereocenters. The number of para-hydroxylation sites is 1. The molecule has 1 aliphatic carbocycles. The number of carbonyl (C=O) groups excluding carboxylic acids is 4. The molecule has 0 saturated carbocycles. The Balaban J connectivity index is 1.56. The Hall–Kier alpha value is -3.40. The Labute approximate surface area is 163 Å². The fraction of sp³-hybridized carbons (Fsp3) is 0.167. The van der Waals surface area contributed by atoms with Crippen LogP contribution in [0.2, 0.25) is 0 Å². The average molecular weight is 402 g/mol. The van der Waals surface area contributed by atoms with Gasteiger partial charge >= 0.3 is 12.1 Å². The Bertz CT molecular complexity index is 966. The zero-order chi connectivity index (χ0) is 20.1. The van der Waals surface area contributed by atoms with Gasteiger partial charge in [0.15, 0.2) is 0 Å². The second-order valence-corrected chi connectivity index (χ2v) is 6.54. The molecule has 0 aliphatic heterocycles. The highest BCUT2D eigenvalue weighted by atomic mass is 32.2. The van der Waals surface area contributed by atoms with E-state index in [4.69, 9.17) is 9.26 Å². The minimum Gasteiger partial charge on any atom is -0.464 e. The smallest absolute Gasteiger partial charge is 0.412 e. The number of aromatic nitrogens is 1. The number of thioether (sulfide) groups is 1. The Kier molecular flexibility index (Phi) is 5.90. The summed E-state index contributed by atoms with van der Waals surface area (Å²) in [6.45, 7) is 0.190. The van der Waals surface area contributed by atoms with Crippen LogP contribution in [0.15, 0.2) is 45.8 Å². The molecule has 0 bridgehead atoms. The molecule has 0 radical (unpaired) electrons. The van der Waals surface area contributed by atoms with Crippen LogP contribution < -0.4 is 10.1 Å². The number of methoxy groups -OCH3 is 1. The summed E-state index contributed by atoms with van der Waals surface area (Å²) in [6.07, 6.45) is 0.477. The SMILES string of the molecule is COC(=O)c1noc2c1C(=O)C(SCCNC(=O)Oc1ccccc1)=CC2=O. The first-order valence-corrected chi connectivity index (χ1v) is 9.02. The summed E-state index contributed by atoms with van der Waals surface area (Å²) in [5.74, 6) is -1.60. The Morgan fingerprint density at radius 1 is 1.21 bits per heavy atom. The number of ether oxygens (including phenoxy) is 2. The minimum absolute atomic E-state index is 0.115. The number of benzene rings is 1. The van der Waals surface area contributed by atoms with Crippen molar-refractivity contribution in [1.29, 1.82) is 0 Å². The van der Waals surface area contributed by atoms with Gasteiger partial charge in [-0.15, -0.1) is 11.8 Å². The molecule has 3 rings (SSSR count). The summed E-state index contributed by atoms with van der Waals surface area (Å²) in [7, 11) is 1.13. The maximum absolute atomic E-state index is 12.6. The van der Waals surface area contributed by atoms with E-state index in [1.165, 1.54) is 0 Å². The molecule has 1 aromatic heterocycles. The van der Waals surface area contributed by atoms with Crippen LogP contribution in [-0.2, 0) is 4.74 Å². The van der Waals surface area contributed by atoms with Crippen LogP contribution in [0.25, 0.3) is 0 Å². The van der Waals surface area contributed by atoms with E-state index in [9.17, 15) is 19.2 Å². The van der Waals surface area contributed by atoms with Crippen molar-refractivity contribution in [3.05, 3.63) is 58.3 Å². The number of amides is 1. The van der Waals surface area contributed by atoms with Gasteiger partial charge < -0.3 is 19.3 Å². The molecule has 9 nitrogen and oxygen atoms in total. The molecule has 1 amide bonds. The zero-order valence-corrected chi connectivity index (χ0v) is 15.4. The van der Waals surface area contributed by atoms with E-state index in [2.05, 4.69) is 15.2 Å². The molecule has 0 saturated heterocycles. The van der Waals surface area contributed by atoms with Crippen LogP contribution in [0.4, 0.5) is 4.79 Å². The van der Waals surface area contributed by atoms with E-state index in [1.54, 1.807) is 30.3 Å². The monoisotopic (exact) mass is 402 g/mol. The minimum atomic E-state index is -0.872. The van der Waals surface area contributed by atoms with Gasteiger partial charge in [-0.05, 0) is 12.1 Å². The Morgan fingerprint density at radius 3 is 2.68 bits per heavy atom. The predicted molar refractivity (Wildman–Crippen MR) is 97.5 cm³/mol. The van der Waals surface area contributed by atoms with Crippen LogP contribution >= 0.6 is 11.8 Å². The van der Waals surface area contributed by atoms with Gasteiger partial charge in [-0.2, -0.15) is 0 Å². The highest BCUT2D eigenvalue weighted by Gasteiger charge is 2.36. The lowest BCUT2D eigenvalue weighted by Crippen LogP contribution is -2.29. The molecule has 144 valence electrons. The molecule has 0 unspecified atom stereocenters. The molecule has 1 N–H and O–H groups in total. The van der Waals surface area contributed by atoms with E-state index in [0.29, 0.717) is 11.5 Å². The number of carbonyl (C=O) groups is 4. The van der Waals surface area contributed by atoms with Gasteiger partial charge in [0.05, 0.1) is 12.0 Å². The zero-order valence-electron chi connectivity index (χ0n) is 14.6. The summed E-state index contributed by atoms with van der Waals surface area (Å²) >= 11 is 1.05. The number of ketones is 2. The first kappa shape index (κ1) is 19.4. The van der Waals surface area contributed by atoms with Crippen molar-refractivity contribution < 1.29 is 33.2 Å². The van der Waals surface area contributed by atoms with Crippen LogP contribution in [0.3, 0.4) is 0 Å². The highest BCUT2D eigenvalue weighted by molar-refractivity contribution is 8.04. The number of hydrogen-bond donors (Lipinski definition) is 1. The van der Waals surface area contributed by atoms with Crippen molar-refractivity contribution in [2.75, 3.05) is 19.4 Å². The lowest BCUT2D eigenvalue weighted by Gasteiger charge is -2.11. The van der Waals surface area contributed by atoms with Crippen molar-refractivity contribution in [3.63, 3.8) is 0 Å². The predicted octanol–water partition coefficient (Wildman–Crippen LogP) is 2.25. The molecular formula is C18H14N2O7S. The summed E-state index contributed by atoms with van der Waals surface area (Å²) in [4.78, 5) is 48.2. The van der Waals surface area contributed by atoms with Crippen molar-refractivity contribution in [1.82, 2.24) is 10.5 Å². The van der Waals surface area contributed by atoms with E-state index < -0.39 is 23.6 Å². The Morgan fingerprint density at radius 2 is 1.96 bits per heavy atom. The van der Waals surface area contributed by atoms with Crippen molar-refractivity contribution in [2.24, 2.45) is 0 Å². The third-order valence-electron chi connectivity index (χ3n) is 3.59. The molecule has 10 heteroatoms. The number of nitrogens with zero attached hydrogens (tertiary/aromatic N) is 1. The lowest BCUT2D eigenvalue weighted by molar-refractivity contribution is 0.0586. The van der Waals surface area contributed by atoms with Crippen LogP contribution in [0, 0.1) is 0 Å². The average Bonchev–Trinajstić information content (AvgIpc) is 3.15. The van der Waals surface area contributed by atoms with Crippen LogP contribution in [0.5, 0.6) is 5.75 Å². The van der Waals surface area contributed by atoms with Crippen LogP contribution in [0.1, 0.15) is 31.4 Å². The number of rotatable bonds is 6. The second-order valence-electron chi connectivity index (χ2n) is 5.41. The highest BCUT2D eigenvalue weighted by Crippen LogP contribution is 2.30. The van der Waals surface area contributed by atoms with E-state index >= 15 is 0 Å². The lowest BCUT2D eigenvalue weighted by atomic mass is 10.00. The first-order valence-electron chi connectivity index (χ1n) is 8.03.